The Hall–Kier alpha value is -1.84. The largest absolute Gasteiger partial charge is 0.497 e. The van der Waals surface area contributed by atoms with Crippen LogP contribution in [0.3, 0.4) is 0 Å². The first kappa shape index (κ1) is 17.5. The standard InChI is InChI=1S/C13H19NO.C7H9N/c1-15-13-7-5-12(6-8-13)11-14-9-3-2-4-10-14;8-6-7-4-2-1-3-5-7/h5-8H,2-4,9-11H2,1H3;1-5H,6,8H2. The molecule has 0 atom stereocenters. The van der Waals surface area contributed by atoms with Crippen molar-refractivity contribution in [3.05, 3.63) is 65.7 Å². The topological polar surface area (TPSA) is 38.5 Å². The van der Waals surface area contributed by atoms with E-state index in [0.717, 1.165) is 12.3 Å². The molecule has 1 aliphatic heterocycles. The normalized spacial score (nSPS) is 14.7. The van der Waals surface area contributed by atoms with Crippen LogP contribution in [0.4, 0.5) is 0 Å². The summed E-state index contributed by atoms with van der Waals surface area (Å²) >= 11 is 0. The van der Waals surface area contributed by atoms with E-state index in [1.807, 2.05) is 42.5 Å². The van der Waals surface area contributed by atoms with Crippen LogP contribution in [0.2, 0.25) is 0 Å². The average Bonchev–Trinajstić information content (AvgIpc) is 2.64. The molecule has 1 aliphatic rings. The third kappa shape index (κ3) is 6.43. The maximum Gasteiger partial charge on any atom is 0.118 e. The van der Waals surface area contributed by atoms with E-state index in [9.17, 15) is 0 Å². The molecular weight excluding hydrogens is 284 g/mol. The summed E-state index contributed by atoms with van der Waals surface area (Å²) in [5.74, 6) is 0.942. The third-order valence-electron chi connectivity index (χ3n) is 4.09. The molecule has 3 heteroatoms. The van der Waals surface area contributed by atoms with Crippen LogP contribution in [-0.4, -0.2) is 25.1 Å². The molecule has 0 radical (unpaired) electrons. The zero-order valence-electron chi connectivity index (χ0n) is 14.1. The highest BCUT2D eigenvalue weighted by atomic mass is 16.5. The summed E-state index contributed by atoms with van der Waals surface area (Å²) in [6.45, 7) is 4.24. The predicted octanol–water partition coefficient (Wildman–Crippen LogP) is 3.83. The second kappa shape index (κ2) is 10.0. The quantitative estimate of drug-likeness (QED) is 0.932. The SMILES string of the molecule is COc1ccc(CN2CCCCC2)cc1.NCc1ccccc1. The molecule has 2 aromatic rings. The summed E-state index contributed by atoms with van der Waals surface area (Å²) in [4.78, 5) is 2.53. The third-order valence-corrected chi connectivity index (χ3v) is 4.09. The fourth-order valence-corrected chi connectivity index (χ4v) is 2.72. The number of hydrogen-bond acceptors (Lipinski definition) is 3. The van der Waals surface area contributed by atoms with Gasteiger partial charge in [0, 0.05) is 13.1 Å². The van der Waals surface area contributed by atoms with E-state index in [1.54, 1.807) is 7.11 Å². The number of piperidine rings is 1. The molecule has 0 aliphatic carbocycles. The summed E-state index contributed by atoms with van der Waals surface area (Å²) in [6.07, 6.45) is 4.12. The van der Waals surface area contributed by atoms with E-state index >= 15 is 0 Å². The second-order valence-corrected chi connectivity index (χ2v) is 5.87. The molecule has 2 N–H and O–H groups in total. The van der Waals surface area contributed by atoms with E-state index in [1.165, 1.54) is 43.5 Å². The van der Waals surface area contributed by atoms with Gasteiger partial charge in [0.1, 0.15) is 5.75 Å². The van der Waals surface area contributed by atoms with Crippen molar-refractivity contribution in [2.24, 2.45) is 5.73 Å². The summed E-state index contributed by atoms with van der Waals surface area (Å²) < 4.78 is 5.15. The highest BCUT2D eigenvalue weighted by Gasteiger charge is 2.09. The molecule has 124 valence electrons. The van der Waals surface area contributed by atoms with Gasteiger partial charge in [-0.3, -0.25) is 4.90 Å². The Kier molecular flexibility index (Phi) is 7.64. The maximum atomic E-state index is 5.35. The second-order valence-electron chi connectivity index (χ2n) is 5.87. The Morgan fingerprint density at radius 1 is 0.870 bits per heavy atom. The number of ether oxygens (including phenoxy) is 1. The molecule has 3 rings (SSSR count). The maximum absolute atomic E-state index is 5.35. The molecule has 0 saturated carbocycles. The van der Waals surface area contributed by atoms with E-state index in [0.29, 0.717) is 6.54 Å². The minimum absolute atomic E-state index is 0.640. The van der Waals surface area contributed by atoms with Crippen LogP contribution < -0.4 is 10.5 Å². The van der Waals surface area contributed by atoms with Crippen LogP contribution in [0.15, 0.2) is 54.6 Å². The van der Waals surface area contributed by atoms with Crippen LogP contribution >= 0.6 is 0 Å². The monoisotopic (exact) mass is 312 g/mol. The number of likely N-dealkylation sites (tertiary alicyclic amines) is 1. The summed E-state index contributed by atoms with van der Waals surface area (Å²) in [5.41, 5.74) is 7.92. The lowest BCUT2D eigenvalue weighted by molar-refractivity contribution is 0.221. The molecule has 23 heavy (non-hydrogen) atoms. The van der Waals surface area contributed by atoms with Gasteiger partial charge in [0.05, 0.1) is 7.11 Å². The number of benzene rings is 2. The summed E-state index contributed by atoms with van der Waals surface area (Å²) in [6, 6.07) is 18.4. The van der Waals surface area contributed by atoms with E-state index < -0.39 is 0 Å². The lowest BCUT2D eigenvalue weighted by Crippen LogP contribution is -2.28. The number of nitrogens with zero attached hydrogens (tertiary/aromatic N) is 1. The van der Waals surface area contributed by atoms with E-state index in [4.69, 9.17) is 10.5 Å². The van der Waals surface area contributed by atoms with Crippen molar-refractivity contribution in [3.63, 3.8) is 0 Å². The van der Waals surface area contributed by atoms with Crippen LogP contribution in [0.1, 0.15) is 30.4 Å². The molecule has 3 nitrogen and oxygen atoms in total. The Morgan fingerprint density at radius 2 is 1.52 bits per heavy atom. The Morgan fingerprint density at radius 3 is 2.04 bits per heavy atom. The molecule has 1 saturated heterocycles. The van der Waals surface area contributed by atoms with Crippen molar-refractivity contribution in [2.75, 3.05) is 20.2 Å². The van der Waals surface area contributed by atoms with Crippen LogP contribution in [0.5, 0.6) is 5.75 Å². The number of methoxy groups -OCH3 is 1. The molecule has 1 fully saturated rings. The lowest BCUT2D eigenvalue weighted by Gasteiger charge is -2.26. The smallest absolute Gasteiger partial charge is 0.118 e. The predicted molar refractivity (Wildman–Crippen MR) is 96.5 cm³/mol. The van der Waals surface area contributed by atoms with Gasteiger partial charge >= 0.3 is 0 Å². The molecule has 1 heterocycles. The first-order chi connectivity index (χ1) is 11.3. The summed E-state index contributed by atoms with van der Waals surface area (Å²) in [5, 5.41) is 0. The molecule has 0 unspecified atom stereocenters. The molecule has 0 bridgehead atoms. The van der Waals surface area contributed by atoms with Gasteiger partial charge in [-0.05, 0) is 49.2 Å². The highest BCUT2D eigenvalue weighted by molar-refractivity contribution is 5.27. The molecule has 0 spiro atoms. The van der Waals surface area contributed by atoms with Gasteiger partial charge in [0.25, 0.3) is 0 Å². The number of nitrogens with two attached hydrogens (primary N) is 1. The fraction of sp³-hybridized carbons (Fsp3) is 0.400. The van der Waals surface area contributed by atoms with Crippen molar-refractivity contribution in [2.45, 2.75) is 32.4 Å². The first-order valence-corrected chi connectivity index (χ1v) is 8.41. The van der Waals surface area contributed by atoms with Crippen LogP contribution in [0, 0.1) is 0 Å². The van der Waals surface area contributed by atoms with E-state index in [-0.39, 0.29) is 0 Å². The van der Waals surface area contributed by atoms with Gasteiger partial charge in [-0.25, -0.2) is 0 Å². The van der Waals surface area contributed by atoms with Gasteiger partial charge in [-0.1, -0.05) is 48.9 Å². The van der Waals surface area contributed by atoms with Gasteiger partial charge in [-0.15, -0.1) is 0 Å². The summed E-state index contributed by atoms with van der Waals surface area (Å²) in [7, 11) is 1.71. The van der Waals surface area contributed by atoms with Gasteiger partial charge < -0.3 is 10.5 Å². The van der Waals surface area contributed by atoms with Crippen LogP contribution in [0.25, 0.3) is 0 Å². The Bertz CT molecular complexity index is 533. The fourth-order valence-electron chi connectivity index (χ4n) is 2.72. The van der Waals surface area contributed by atoms with Crippen molar-refractivity contribution in [3.8, 4) is 5.75 Å². The zero-order valence-corrected chi connectivity index (χ0v) is 14.1. The van der Waals surface area contributed by atoms with Gasteiger partial charge in [-0.2, -0.15) is 0 Å². The minimum Gasteiger partial charge on any atom is -0.497 e. The number of hydrogen-bond donors (Lipinski definition) is 1. The minimum atomic E-state index is 0.640. The molecule has 0 amide bonds. The molecule has 2 aromatic carbocycles. The van der Waals surface area contributed by atoms with Crippen molar-refractivity contribution in [1.29, 1.82) is 0 Å². The Balaban J connectivity index is 0.000000203. The Labute approximate surface area is 140 Å². The molecular formula is C20H28N2O. The molecule has 0 aromatic heterocycles. The van der Waals surface area contributed by atoms with Crippen molar-refractivity contribution in [1.82, 2.24) is 4.90 Å². The first-order valence-electron chi connectivity index (χ1n) is 8.41. The van der Waals surface area contributed by atoms with E-state index in [2.05, 4.69) is 17.0 Å². The van der Waals surface area contributed by atoms with Crippen molar-refractivity contribution < 1.29 is 4.74 Å². The van der Waals surface area contributed by atoms with Gasteiger partial charge in [0.15, 0.2) is 0 Å². The number of rotatable bonds is 4. The average molecular weight is 312 g/mol. The van der Waals surface area contributed by atoms with Crippen molar-refractivity contribution >= 4 is 0 Å². The van der Waals surface area contributed by atoms with Gasteiger partial charge in [0.2, 0.25) is 0 Å². The highest BCUT2D eigenvalue weighted by Crippen LogP contribution is 2.15. The van der Waals surface area contributed by atoms with Crippen LogP contribution in [-0.2, 0) is 13.1 Å². The lowest BCUT2D eigenvalue weighted by atomic mass is 10.1. The zero-order chi connectivity index (χ0) is 16.3.